The minimum atomic E-state index is -1.33. The molecule has 1 aliphatic carbocycles. The number of carbonyl (C=O) groups excluding carboxylic acids is 3. The van der Waals surface area contributed by atoms with E-state index in [1.807, 2.05) is 0 Å². The van der Waals surface area contributed by atoms with Crippen LogP contribution in [-0.2, 0) is 14.4 Å². The predicted octanol–water partition coefficient (Wildman–Crippen LogP) is 0.757. The van der Waals surface area contributed by atoms with Crippen molar-refractivity contribution in [3.63, 3.8) is 0 Å². The number of hydrogen-bond acceptors (Lipinski definition) is 4. The second-order valence-corrected chi connectivity index (χ2v) is 5.04. The average Bonchev–Trinajstić information content (AvgIpc) is 1.97. The van der Waals surface area contributed by atoms with Gasteiger partial charge in [-0.2, -0.15) is 0 Å². The summed E-state index contributed by atoms with van der Waals surface area (Å²) in [5, 5.41) is 10.1. The Balaban J connectivity index is 3.13. The lowest BCUT2D eigenvalue weighted by molar-refractivity contribution is -0.155. The molecule has 1 aliphatic rings. The number of hydrogen-bond donors (Lipinski definition) is 1. The first-order valence-corrected chi connectivity index (χ1v) is 5.44. The fourth-order valence-corrected chi connectivity index (χ4v) is 3.03. The van der Waals surface area contributed by atoms with Crippen molar-refractivity contribution in [3.8, 4) is 0 Å². The maximum atomic E-state index is 11.7. The molecule has 4 nitrogen and oxygen atoms in total. The van der Waals surface area contributed by atoms with Gasteiger partial charge in [0.2, 0.25) is 0 Å². The highest BCUT2D eigenvalue weighted by atomic mass is 16.3. The van der Waals surface area contributed by atoms with Crippen LogP contribution in [0.5, 0.6) is 0 Å². The maximum absolute atomic E-state index is 11.7. The third-order valence-electron chi connectivity index (χ3n) is 3.48. The molecule has 0 aromatic heterocycles. The Hall–Kier alpha value is -1.03. The minimum absolute atomic E-state index is 0.119. The molecule has 90 valence electrons. The van der Waals surface area contributed by atoms with Crippen LogP contribution in [0.1, 0.15) is 34.1 Å². The van der Waals surface area contributed by atoms with E-state index in [1.54, 1.807) is 6.92 Å². The van der Waals surface area contributed by atoms with Crippen LogP contribution in [0.4, 0.5) is 0 Å². The van der Waals surface area contributed by atoms with Crippen LogP contribution in [0.2, 0.25) is 0 Å². The van der Waals surface area contributed by atoms with Crippen molar-refractivity contribution >= 4 is 17.3 Å². The molecule has 1 saturated carbocycles. The highest BCUT2D eigenvalue weighted by Gasteiger charge is 2.51. The smallest absolute Gasteiger partial charge is 0.146 e. The molecule has 0 radical (unpaired) electrons. The van der Waals surface area contributed by atoms with Crippen molar-refractivity contribution in [2.75, 3.05) is 0 Å². The third-order valence-corrected chi connectivity index (χ3v) is 3.48. The fourth-order valence-electron chi connectivity index (χ4n) is 3.03. The molecule has 0 unspecified atom stereocenters. The van der Waals surface area contributed by atoms with Gasteiger partial charge in [0, 0.05) is 12.3 Å². The normalized spacial score (nSPS) is 39.6. The first-order chi connectivity index (χ1) is 7.18. The summed E-state index contributed by atoms with van der Waals surface area (Å²) in [7, 11) is 0. The molecule has 1 rings (SSSR count). The van der Waals surface area contributed by atoms with E-state index in [1.165, 1.54) is 20.8 Å². The molecule has 0 aliphatic heterocycles. The summed E-state index contributed by atoms with van der Waals surface area (Å²) in [4.78, 5) is 34.6. The van der Waals surface area contributed by atoms with Crippen LogP contribution >= 0.6 is 0 Å². The topological polar surface area (TPSA) is 71.4 Å². The Morgan fingerprint density at radius 1 is 1.31 bits per heavy atom. The van der Waals surface area contributed by atoms with Gasteiger partial charge < -0.3 is 5.11 Å². The van der Waals surface area contributed by atoms with E-state index >= 15 is 0 Å². The van der Waals surface area contributed by atoms with Crippen LogP contribution in [0.15, 0.2) is 0 Å². The van der Waals surface area contributed by atoms with Crippen LogP contribution in [0.25, 0.3) is 0 Å². The highest BCUT2D eigenvalue weighted by molar-refractivity contribution is 6.03. The molecule has 0 amide bonds. The monoisotopic (exact) mass is 226 g/mol. The van der Waals surface area contributed by atoms with E-state index in [-0.39, 0.29) is 23.8 Å². The lowest BCUT2D eigenvalue weighted by atomic mass is 9.62. The standard InChI is InChI=1S/C12H18O4/c1-6-10(7(2)13)9(15)5-12(4,16)11(6)8(3)14/h6,10-11,16H,5H2,1-4H3/t6-,10-,11+,12+/m1/s1. The van der Waals surface area contributed by atoms with E-state index in [9.17, 15) is 19.5 Å². The molecule has 16 heavy (non-hydrogen) atoms. The van der Waals surface area contributed by atoms with Crippen LogP contribution in [-0.4, -0.2) is 28.1 Å². The van der Waals surface area contributed by atoms with Crippen molar-refractivity contribution in [1.29, 1.82) is 0 Å². The number of aliphatic hydroxyl groups is 1. The van der Waals surface area contributed by atoms with Gasteiger partial charge in [0.15, 0.2) is 0 Å². The van der Waals surface area contributed by atoms with Gasteiger partial charge in [-0.15, -0.1) is 0 Å². The largest absolute Gasteiger partial charge is 0.389 e. The summed E-state index contributed by atoms with van der Waals surface area (Å²) in [5.41, 5.74) is -1.33. The summed E-state index contributed by atoms with van der Waals surface area (Å²) in [5.74, 6) is -2.46. The Morgan fingerprint density at radius 3 is 2.19 bits per heavy atom. The summed E-state index contributed by atoms with van der Waals surface area (Å²) in [6.45, 7) is 5.92. The van der Waals surface area contributed by atoms with Crippen LogP contribution < -0.4 is 0 Å². The lowest BCUT2D eigenvalue weighted by Crippen LogP contribution is -2.54. The predicted molar refractivity (Wildman–Crippen MR) is 57.8 cm³/mol. The molecular formula is C12H18O4. The second kappa shape index (κ2) is 4.09. The number of rotatable bonds is 2. The van der Waals surface area contributed by atoms with Crippen molar-refractivity contribution in [1.82, 2.24) is 0 Å². The van der Waals surface area contributed by atoms with Crippen molar-refractivity contribution in [2.45, 2.75) is 39.7 Å². The molecule has 0 spiro atoms. The third kappa shape index (κ3) is 2.07. The van der Waals surface area contributed by atoms with Crippen molar-refractivity contribution in [2.24, 2.45) is 17.8 Å². The average molecular weight is 226 g/mol. The zero-order valence-corrected chi connectivity index (χ0v) is 10.1. The Kier molecular flexibility index (Phi) is 3.33. The van der Waals surface area contributed by atoms with Gasteiger partial charge in [-0.3, -0.25) is 14.4 Å². The number of ketones is 3. The molecular weight excluding hydrogens is 208 g/mol. The maximum Gasteiger partial charge on any atom is 0.146 e. The fraction of sp³-hybridized carbons (Fsp3) is 0.750. The SMILES string of the molecule is CC(=O)[C@@H]1C(=O)C[C@](C)(O)[C@H](C(C)=O)[C@@H]1C. The molecule has 4 atom stereocenters. The summed E-state index contributed by atoms with van der Waals surface area (Å²) >= 11 is 0. The van der Waals surface area contributed by atoms with Crippen LogP contribution in [0.3, 0.4) is 0 Å². The first-order valence-electron chi connectivity index (χ1n) is 5.44. The molecule has 1 N–H and O–H groups in total. The van der Waals surface area contributed by atoms with Crippen molar-refractivity contribution < 1.29 is 19.5 Å². The minimum Gasteiger partial charge on any atom is -0.389 e. The number of Topliss-reactive ketones (excluding diaryl/α,β-unsaturated/α-hetero) is 3. The van der Waals surface area contributed by atoms with Gasteiger partial charge >= 0.3 is 0 Å². The summed E-state index contributed by atoms with van der Waals surface area (Å²) in [6.07, 6.45) is -0.119. The molecule has 0 aromatic rings. The highest BCUT2D eigenvalue weighted by Crippen LogP contribution is 2.40. The lowest BCUT2D eigenvalue weighted by Gasteiger charge is -2.42. The van der Waals surface area contributed by atoms with Gasteiger partial charge in [-0.05, 0) is 26.7 Å². The Labute approximate surface area is 95.0 Å². The van der Waals surface area contributed by atoms with Gasteiger partial charge in [-0.1, -0.05) is 6.92 Å². The van der Waals surface area contributed by atoms with E-state index in [0.29, 0.717) is 0 Å². The molecule has 1 fully saturated rings. The zero-order valence-electron chi connectivity index (χ0n) is 10.1. The Morgan fingerprint density at radius 2 is 1.81 bits per heavy atom. The molecule has 0 bridgehead atoms. The molecule has 0 heterocycles. The van der Waals surface area contributed by atoms with E-state index in [0.717, 1.165) is 0 Å². The second-order valence-electron chi connectivity index (χ2n) is 5.04. The van der Waals surface area contributed by atoms with Gasteiger partial charge in [0.25, 0.3) is 0 Å². The van der Waals surface area contributed by atoms with Gasteiger partial charge in [-0.25, -0.2) is 0 Å². The first kappa shape index (κ1) is 13.0. The van der Waals surface area contributed by atoms with Crippen LogP contribution in [0, 0.1) is 17.8 Å². The van der Waals surface area contributed by atoms with Gasteiger partial charge in [0.1, 0.15) is 17.3 Å². The molecule has 4 heteroatoms. The van der Waals surface area contributed by atoms with E-state index in [2.05, 4.69) is 0 Å². The van der Waals surface area contributed by atoms with E-state index in [4.69, 9.17) is 0 Å². The van der Waals surface area contributed by atoms with Crippen molar-refractivity contribution in [3.05, 3.63) is 0 Å². The zero-order chi connectivity index (χ0) is 12.7. The quantitative estimate of drug-likeness (QED) is 0.705. The number of carbonyl (C=O) groups is 3. The van der Waals surface area contributed by atoms with Gasteiger partial charge in [0.05, 0.1) is 11.5 Å². The van der Waals surface area contributed by atoms with E-state index < -0.39 is 23.4 Å². The Bertz CT molecular complexity index is 343. The summed E-state index contributed by atoms with van der Waals surface area (Å²) < 4.78 is 0. The molecule has 0 aromatic carbocycles. The molecule has 0 saturated heterocycles. The summed E-state index contributed by atoms with van der Waals surface area (Å²) in [6, 6.07) is 0.